The van der Waals surface area contributed by atoms with Crippen LogP contribution in [0, 0.1) is 0 Å². The molecule has 1 aliphatic heterocycles. The summed E-state index contributed by atoms with van der Waals surface area (Å²) in [4.78, 5) is 4.05. The Morgan fingerprint density at radius 2 is 2.56 bits per heavy atom. The molecule has 0 bridgehead atoms. The number of rotatable bonds is 1. The first-order valence-corrected chi connectivity index (χ1v) is 3.14. The lowest BCUT2D eigenvalue weighted by Crippen LogP contribution is -2.26. The molecule has 2 N–H and O–H groups in total. The molecule has 0 saturated heterocycles. The number of methoxy groups -OCH3 is 1. The van der Waals surface area contributed by atoms with Crippen molar-refractivity contribution in [3.8, 4) is 0 Å². The molecule has 0 aromatic carbocycles. The molecule has 0 aromatic heterocycles. The molecular weight excluding hydrogens is 116 g/mol. The normalized spacial score (nSPS) is 27.7. The number of nitrogens with zero attached hydrogens (tertiary/aromatic N) is 1. The topological polar surface area (TPSA) is 47.6 Å². The number of amidine groups is 1. The van der Waals surface area contributed by atoms with Crippen molar-refractivity contribution in [2.24, 2.45) is 10.7 Å². The van der Waals surface area contributed by atoms with E-state index in [4.69, 9.17) is 10.5 Å². The van der Waals surface area contributed by atoms with Crippen molar-refractivity contribution in [1.82, 2.24) is 0 Å². The van der Waals surface area contributed by atoms with Crippen LogP contribution in [0.1, 0.15) is 12.8 Å². The van der Waals surface area contributed by atoms with Gasteiger partial charge in [0.15, 0.2) is 0 Å². The molecule has 0 aliphatic carbocycles. The van der Waals surface area contributed by atoms with Crippen LogP contribution in [0.25, 0.3) is 0 Å². The highest BCUT2D eigenvalue weighted by molar-refractivity contribution is 5.80. The van der Waals surface area contributed by atoms with Crippen molar-refractivity contribution < 1.29 is 4.74 Å². The van der Waals surface area contributed by atoms with Crippen molar-refractivity contribution in [1.29, 1.82) is 0 Å². The Bertz CT molecular complexity index is 122. The Morgan fingerprint density at radius 1 is 1.78 bits per heavy atom. The lowest BCUT2D eigenvalue weighted by Gasteiger charge is -2.17. The number of aliphatic imine (C=N–C) groups is 1. The maximum absolute atomic E-state index is 5.45. The predicted molar refractivity (Wildman–Crippen MR) is 36.5 cm³/mol. The van der Waals surface area contributed by atoms with Crippen LogP contribution in [0.3, 0.4) is 0 Å². The van der Waals surface area contributed by atoms with Gasteiger partial charge in [0.2, 0.25) is 0 Å². The number of ether oxygens (including phenoxy) is 1. The quantitative estimate of drug-likeness (QED) is 0.546. The summed E-state index contributed by atoms with van der Waals surface area (Å²) in [7, 11) is 1.71. The first-order chi connectivity index (χ1) is 4.33. The van der Waals surface area contributed by atoms with Crippen molar-refractivity contribution in [3.63, 3.8) is 0 Å². The van der Waals surface area contributed by atoms with Crippen LogP contribution in [0.15, 0.2) is 4.99 Å². The average molecular weight is 128 g/mol. The van der Waals surface area contributed by atoms with Crippen molar-refractivity contribution in [3.05, 3.63) is 0 Å². The van der Waals surface area contributed by atoms with Crippen molar-refractivity contribution in [2.75, 3.05) is 13.7 Å². The summed E-state index contributed by atoms with van der Waals surface area (Å²) >= 11 is 0. The van der Waals surface area contributed by atoms with E-state index >= 15 is 0 Å². The predicted octanol–water partition coefficient (Wildman–Crippen LogP) is 0.152. The summed E-state index contributed by atoms with van der Waals surface area (Å²) in [5.74, 6) is 0.767. The van der Waals surface area contributed by atoms with E-state index in [-0.39, 0.29) is 0 Å². The minimum atomic E-state index is 0.303. The lowest BCUT2D eigenvalue weighted by molar-refractivity contribution is 0.101. The fraction of sp³-hybridized carbons (Fsp3) is 0.833. The molecule has 1 unspecified atom stereocenters. The van der Waals surface area contributed by atoms with E-state index in [2.05, 4.69) is 4.99 Å². The third-order valence-corrected chi connectivity index (χ3v) is 1.55. The van der Waals surface area contributed by atoms with Gasteiger partial charge in [0.25, 0.3) is 0 Å². The molecule has 0 fully saturated rings. The van der Waals surface area contributed by atoms with Crippen LogP contribution in [0.2, 0.25) is 0 Å². The van der Waals surface area contributed by atoms with Gasteiger partial charge in [-0.05, 0) is 6.42 Å². The fourth-order valence-electron chi connectivity index (χ4n) is 0.891. The minimum absolute atomic E-state index is 0.303. The van der Waals surface area contributed by atoms with Crippen LogP contribution in [-0.2, 0) is 4.74 Å². The number of hydrogen-bond donors (Lipinski definition) is 1. The van der Waals surface area contributed by atoms with Gasteiger partial charge < -0.3 is 10.5 Å². The van der Waals surface area contributed by atoms with E-state index in [0.29, 0.717) is 6.10 Å². The molecule has 3 heteroatoms. The molecule has 3 nitrogen and oxygen atoms in total. The maximum Gasteiger partial charge on any atom is 0.0939 e. The highest BCUT2D eigenvalue weighted by Crippen LogP contribution is 2.06. The summed E-state index contributed by atoms with van der Waals surface area (Å²) < 4.78 is 5.08. The summed E-state index contributed by atoms with van der Waals surface area (Å²) in [5.41, 5.74) is 5.45. The molecule has 0 radical (unpaired) electrons. The zero-order valence-electron chi connectivity index (χ0n) is 5.63. The maximum atomic E-state index is 5.45. The molecule has 1 rings (SSSR count). The van der Waals surface area contributed by atoms with Crippen molar-refractivity contribution >= 4 is 5.84 Å². The standard InChI is InChI=1S/C6H12N2O/c1-9-5-2-3-6(7)8-4-5/h5H,2-4H2,1H3,(H2,7,8). The second-order valence-corrected chi connectivity index (χ2v) is 2.23. The van der Waals surface area contributed by atoms with Gasteiger partial charge in [-0.15, -0.1) is 0 Å². The summed E-state index contributed by atoms with van der Waals surface area (Å²) in [6, 6.07) is 0. The largest absolute Gasteiger partial charge is 0.387 e. The van der Waals surface area contributed by atoms with E-state index in [0.717, 1.165) is 25.2 Å². The molecule has 9 heavy (non-hydrogen) atoms. The smallest absolute Gasteiger partial charge is 0.0939 e. The van der Waals surface area contributed by atoms with E-state index in [1.54, 1.807) is 7.11 Å². The molecule has 0 amide bonds. The molecular formula is C6H12N2O. The number of hydrogen-bond acceptors (Lipinski definition) is 3. The second kappa shape index (κ2) is 2.82. The molecule has 0 spiro atoms. The van der Waals surface area contributed by atoms with Gasteiger partial charge in [0.05, 0.1) is 18.5 Å². The third kappa shape index (κ3) is 1.68. The SMILES string of the molecule is COC1CCC(N)=NC1. The van der Waals surface area contributed by atoms with Gasteiger partial charge in [0.1, 0.15) is 0 Å². The van der Waals surface area contributed by atoms with Gasteiger partial charge in [-0.1, -0.05) is 0 Å². The zero-order chi connectivity index (χ0) is 6.69. The molecule has 1 aliphatic rings. The first-order valence-electron chi connectivity index (χ1n) is 3.14. The molecule has 1 atom stereocenters. The first kappa shape index (κ1) is 6.55. The zero-order valence-corrected chi connectivity index (χ0v) is 5.63. The van der Waals surface area contributed by atoms with Crippen LogP contribution >= 0.6 is 0 Å². The van der Waals surface area contributed by atoms with Gasteiger partial charge in [-0.3, -0.25) is 4.99 Å². The van der Waals surface area contributed by atoms with Crippen LogP contribution in [0.4, 0.5) is 0 Å². The highest BCUT2D eigenvalue weighted by Gasteiger charge is 2.11. The van der Waals surface area contributed by atoms with E-state index in [1.807, 2.05) is 0 Å². The molecule has 0 aromatic rings. The Hall–Kier alpha value is -0.570. The molecule has 52 valence electrons. The monoisotopic (exact) mass is 128 g/mol. The van der Waals surface area contributed by atoms with Gasteiger partial charge in [-0.25, -0.2) is 0 Å². The Labute approximate surface area is 54.9 Å². The van der Waals surface area contributed by atoms with Crippen LogP contribution in [-0.4, -0.2) is 25.6 Å². The van der Waals surface area contributed by atoms with Crippen LogP contribution in [0.5, 0.6) is 0 Å². The minimum Gasteiger partial charge on any atom is -0.387 e. The van der Waals surface area contributed by atoms with E-state index in [1.165, 1.54) is 0 Å². The average Bonchev–Trinajstić information content (AvgIpc) is 1.90. The van der Waals surface area contributed by atoms with E-state index < -0.39 is 0 Å². The Kier molecular flexibility index (Phi) is 2.05. The molecule has 1 heterocycles. The van der Waals surface area contributed by atoms with E-state index in [9.17, 15) is 0 Å². The van der Waals surface area contributed by atoms with Crippen LogP contribution < -0.4 is 5.73 Å². The Morgan fingerprint density at radius 3 is 3.00 bits per heavy atom. The summed E-state index contributed by atoms with van der Waals surface area (Å²) in [6.45, 7) is 0.738. The third-order valence-electron chi connectivity index (χ3n) is 1.55. The second-order valence-electron chi connectivity index (χ2n) is 2.23. The fourth-order valence-corrected chi connectivity index (χ4v) is 0.891. The summed E-state index contributed by atoms with van der Waals surface area (Å²) in [6.07, 6.45) is 2.21. The lowest BCUT2D eigenvalue weighted by atomic mass is 10.1. The van der Waals surface area contributed by atoms with Gasteiger partial charge in [-0.2, -0.15) is 0 Å². The van der Waals surface area contributed by atoms with Gasteiger partial charge in [0, 0.05) is 13.5 Å². The highest BCUT2D eigenvalue weighted by atomic mass is 16.5. The van der Waals surface area contributed by atoms with Crippen molar-refractivity contribution in [2.45, 2.75) is 18.9 Å². The summed E-state index contributed by atoms with van der Waals surface area (Å²) in [5, 5.41) is 0. The Balaban J connectivity index is 2.36. The van der Waals surface area contributed by atoms with Gasteiger partial charge >= 0.3 is 0 Å². The molecule has 0 saturated carbocycles. The number of nitrogens with two attached hydrogens (primary N) is 1.